The predicted octanol–water partition coefficient (Wildman–Crippen LogP) is 5.15. The average Bonchev–Trinajstić information content (AvgIpc) is 3.34. The summed E-state index contributed by atoms with van der Waals surface area (Å²) in [5.41, 5.74) is 1.53. The van der Waals surface area contributed by atoms with E-state index in [2.05, 4.69) is 23.4 Å². The van der Waals surface area contributed by atoms with Gasteiger partial charge in [-0.2, -0.15) is 4.99 Å². The Morgan fingerprint density at radius 2 is 1.97 bits per heavy atom. The van der Waals surface area contributed by atoms with E-state index in [0.29, 0.717) is 22.7 Å². The van der Waals surface area contributed by atoms with E-state index in [-0.39, 0.29) is 12.7 Å². The van der Waals surface area contributed by atoms with Crippen molar-refractivity contribution in [2.45, 2.75) is 46.1 Å². The quantitative estimate of drug-likeness (QED) is 0.467. The van der Waals surface area contributed by atoms with Crippen LogP contribution in [0.25, 0.3) is 10.2 Å². The minimum Gasteiger partial charge on any atom is -0.494 e. The van der Waals surface area contributed by atoms with Crippen LogP contribution in [0.5, 0.6) is 17.2 Å². The van der Waals surface area contributed by atoms with Crippen molar-refractivity contribution >= 4 is 27.5 Å². The highest BCUT2D eigenvalue weighted by Gasteiger charge is 2.18. The first-order valence-electron chi connectivity index (χ1n) is 10.4. The van der Waals surface area contributed by atoms with Crippen LogP contribution in [0.2, 0.25) is 0 Å². The Labute approximate surface area is 179 Å². The molecule has 0 spiro atoms. The summed E-state index contributed by atoms with van der Waals surface area (Å²) < 4.78 is 19.9. The molecular formula is C23H26N2O4S. The maximum atomic E-state index is 12.9. The van der Waals surface area contributed by atoms with Gasteiger partial charge in [0.05, 0.1) is 16.8 Å². The fourth-order valence-corrected chi connectivity index (χ4v) is 4.46. The molecule has 4 rings (SSSR count). The molecule has 6 nitrogen and oxygen atoms in total. The van der Waals surface area contributed by atoms with Gasteiger partial charge in [0.1, 0.15) is 5.75 Å². The molecule has 0 fully saturated rings. The molecule has 1 aliphatic heterocycles. The van der Waals surface area contributed by atoms with Crippen LogP contribution in [0.3, 0.4) is 0 Å². The second kappa shape index (κ2) is 9.34. The first-order chi connectivity index (χ1) is 14.7. The number of nitrogens with zero attached hydrogens (tertiary/aromatic N) is 2. The molecule has 1 aliphatic rings. The largest absolute Gasteiger partial charge is 0.494 e. The number of carbonyl (C=O) groups excluding carboxylic acids is 1. The zero-order chi connectivity index (χ0) is 20.9. The van der Waals surface area contributed by atoms with Crippen molar-refractivity contribution < 1.29 is 19.0 Å². The van der Waals surface area contributed by atoms with Gasteiger partial charge in [-0.15, -0.1) is 0 Å². The third-order valence-corrected chi connectivity index (χ3v) is 5.96. The molecular weight excluding hydrogens is 400 g/mol. The molecule has 1 amide bonds. The molecule has 2 heterocycles. The van der Waals surface area contributed by atoms with Gasteiger partial charge in [-0.25, -0.2) is 0 Å². The van der Waals surface area contributed by atoms with Gasteiger partial charge in [0.25, 0.3) is 5.91 Å². The van der Waals surface area contributed by atoms with Gasteiger partial charge in [0.15, 0.2) is 16.3 Å². The summed E-state index contributed by atoms with van der Waals surface area (Å²) in [7, 11) is 0. The lowest BCUT2D eigenvalue weighted by Crippen LogP contribution is -2.16. The zero-order valence-corrected chi connectivity index (χ0v) is 18.2. The average molecular weight is 427 g/mol. The van der Waals surface area contributed by atoms with Crippen molar-refractivity contribution in [1.29, 1.82) is 0 Å². The lowest BCUT2D eigenvalue weighted by atomic mass is 10.2. The Morgan fingerprint density at radius 1 is 1.13 bits per heavy atom. The number of fused-ring (bicyclic) bond motifs is 2. The van der Waals surface area contributed by atoms with Crippen LogP contribution in [0.4, 0.5) is 0 Å². The number of ether oxygens (including phenoxy) is 3. The van der Waals surface area contributed by atoms with E-state index in [1.165, 1.54) is 11.3 Å². The van der Waals surface area contributed by atoms with Crippen molar-refractivity contribution in [3.63, 3.8) is 0 Å². The first kappa shape index (κ1) is 20.5. The van der Waals surface area contributed by atoms with E-state index in [4.69, 9.17) is 14.2 Å². The van der Waals surface area contributed by atoms with Crippen LogP contribution in [-0.2, 0) is 6.54 Å². The summed E-state index contributed by atoms with van der Waals surface area (Å²) in [6.45, 7) is 5.94. The molecule has 0 bridgehead atoms. The fraction of sp³-hybridized carbons (Fsp3) is 0.391. The molecule has 0 unspecified atom stereocenters. The van der Waals surface area contributed by atoms with Crippen LogP contribution in [0.1, 0.15) is 49.9 Å². The third-order valence-electron chi connectivity index (χ3n) is 4.92. The van der Waals surface area contributed by atoms with Gasteiger partial charge < -0.3 is 18.8 Å². The van der Waals surface area contributed by atoms with E-state index >= 15 is 0 Å². The molecule has 7 heteroatoms. The predicted molar refractivity (Wildman–Crippen MR) is 118 cm³/mol. The SMILES string of the molecule is CCCCCOc1cccc(C(=O)N=c2sc3cc4c(cc3n2CCC)OCO4)c1. The van der Waals surface area contributed by atoms with E-state index < -0.39 is 0 Å². The van der Waals surface area contributed by atoms with Crippen LogP contribution in [0.15, 0.2) is 41.4 Å². The number of carbonyl (C=O) groups is 1. The molecule has 0 radical (unpaired) electrons. The highest BCUT2D eigenvalue weighted by atomic mass is 32.1. The summed E-state index contributed by atoms with van der Waals surface area (Å²) in [5, 5.41) is 0. The summed E-state index contributed by atoms with van der Waals surface area (Å²) in [4.78, 5) is 18.0. The van der Waals surface area contributed by atoms with Gasteiger partial charge in [0, 0.05) is 24.2 Å². The first-order valence-corrected chi connectivity index (χ1v) is 11.3. The summed E-state index contributed by atoms with van der Waals surface area (Å²) >= 11 is 1.49. The number of amides is 1. The standard InChI is InChI=1S/C23H26N2O4S/c1-3-5-6-11-27-17-9-7-8-16(12-17)22(26)24-23-25(10-4-2)18-13-19-20(29-15-28-19)14-21(18)30-23/h7-9,12-14H,3-6,10-11,15H2,1-2H3. The van der Waals surface area contributed by atoms with Gasteiger partial charge in [-0.05, 0) is 31.0 Å². The Morgan fingerprint density at radius 3 is 2.77 bits per heavy atom. The maximum absolute atomic E-state index is 12.9. The van der Waals surface area contributed by atoms with Crippen LogP contribution < -0.4 is 19.0 Å². The number of thiazole rings is 1. The molecule has 0 saturated carbocycles. The van der Waals surface area contributed by atoms with Crippen molar-refractivity contribution in [2.75, 3.05) is 13.4 Å². The van der Waals surface area contributed by atoms with Crippen LogP contribution >= 0.6 is 11.3 Å². The fourth-order valence-electron chi connectivity index (χ4n) is 3.40. The van der Waals surface area contributed by atoms with Gasteiger partial charge in [-0.3, -0.25) is 4.79 Å². The Bertz CT molecular complexity index is 1120. The number of rotatable bonds is 8. The zero-order valence-electron chi connectivity index (χ0n) is 17.3. The topological polar surface area (TPSA) is 62.0 Å². The molecule has 2 aromatic carbocycles. The molecule has 1 aromatic heterocycles. The lowest BCUT2D eigenvalue weighted by molar-refractivity contribution is 0.0997. The second-order valence-corrected chi connectivity index (χ2v) is 8.22. The number of aromatic nitrogens is 1. The molecule has 0 saturated heterocycles. The maximum Gasteiger partial charge on any atom is 0.279 e. The summed E-state index contributed by atoms with van der Waals surface area (Å²) in [5.74, 6) is 1.90. The number of benzene rings is 2. The Balaban J connectivity index is 1.64. The van der Waals surface area contributed by atoms with Gasteiger partial charge >= 0.3 is 0 Å². The van der Waals surface area contributed by atoms with E-state index in [0.717, 1.165) is 53.9 Å². The highest BCUT2D eigenvalue weighted by molar-refractivity contribution is 7.16. The van der Waals surface area contributed by atoms with E-state index in [1.807, 2.05) is 24.3 Å². The highest BCUT2D eigenvalue weighted by Crippen LogP contribution is 2.37. The second-order valence-electron chi connectivity index (χ2n) is 7.21. The number of unbranched alkanes of at least 4 members (excludes halogenated alkanes) is 2. The molecule has 0 N–H and O–H groups in total. The number of hydrogen-bond acceptors (Lipinski definition) is 5. The number of hydrogen-bond donors (Lipinski definition) is 0. The van der Waals surface area contributed by atoms with Crippen LogP contribution in [-0.4, -0.2) is 23.9 Å². The van der Waals surface area contributed by atoms with Crippen molar-refractivity contribution in [2.24, 2.45) is 4.99 Å². The molecule has 30 heavy (non-hydrogen) atoms. The molecule has 0 aliphatic carbocycles. The Hall–Kier alpha value is -2.80. The lowest BCUT2D eigenvalue weighted by Gasteiger charge is -2.06. The van der Waals surface area contributed by atoms with E-state index in [1.54, 1.807) is 12.1 Å². The normalized spacial score (nSPS) is 13.2. The number of aryl methyl sites for hydroxylation is 1. The Kier molecular flexibility index (Phi) is 6.38. The monoisotopic (exact) mass is 426 g/mol. The third kappa shape index (κ3) is 4.36. The smallest absolute Gasteiger partial charge is 0.279 e. The van der Waals surface area contributed by atoms with E-state index in [9.17, 15) is 4.79 Å². The van der Waals surface area contributed by atoms with Crippen molar-refractivity contribution in [1.82, 2.24) is 4.57 Å². The summed E-state index contributed by atoms with van der Waals surface area (Å²) in [6.07, 6.45) is 4.23. The molecule has 158 valence electrons. The molecule has 3 aromatic rings. The van der Waals surface area contributed by atoms with Crippen molar-refractivity contribution in [3.05, 3.63) is 46.8 Å². The van der Waals surface area contributed by atoms with Crippen molar-refractivity contribution in [3.8, 4) is 17.2 Å². The minimum atomic E-state index is -0.273. The minimum absolute atomic E-state index is 0.243. The van der Waals surface area contributed by atoms with Gasteiger partial charge in [-0.1, -0.05) is 44.1 Å². The van der Waals surface area contributed by atoms with Crippen LogP contribution in [0, 0.1) is 0 Å². The summed E-state index contributed by atoms with van der Waals surface area (Å²) in [6, 6.07) is 11.2. The van der Waals surface area contributed by atoms with Gasteiger partial charge in [0.2, 0.25) is 6.79 Å². The molecule has 0 atom stereocenters.